The molecule has 0 fully saturated rings. The summed E-state index contributed by atoms with van der Waals surface area (Å²) in [5, 5.41) is 7.41. The van der Waals surface area contributed by atoms with Gasteiger partial charge in [0.25, 0.3) is 5.52 Å². The summed E-state index contributed by atoms with van der Waals surface area (Å²) in [5.74, 6) is 3.16. The number of oxazole rings is 1. The van der Waals surface area contributed by atoms with Crippen LogP contribution in [0.15, 0.2) is 137 Å². The van der Waals surface area contributed by atoms with E-state index in [9.17, 15) is 0 Å². The second kappa shape index (κ2) is 13.4. The number of hydrogen-bond donors (Lipinski definition) is 0. The van der Waals surface area contributed by atoms with E-state index in [0.717, 1.165) is 79.6 Å². The summed E-state index contributed by atoms with van der Waals surface area (Å²) in [4.78, 5) is 6.68. The largest absolute Gasteiger partial charge is 0.439 e. The summed E-state index contributed by atoms with van der Waals surface area (Å²) in [7, 11) is 4.14. The minimum Gasteiger partial charge on any atom is -0.439 e. The third kappa shape index (κ3) is 6.18. The average molecular weight is 656 g/mol. The lowest BCUT2D eigenvalue weighted by Crippen LogP contribution is -2.29. The van der Waals surface area contributed by atoms with E-state index in [0.29, 0.717) is 5.92 Å². The van der Waals surface area contributed by atoms with Crippen molar-refractivity contribution in [1.29, 1.82) is 0 Å². The minimum atomic E-state index is 0.590. The highest BCUT2D eigenvalue weighted by Crippen LogP contribution is 2.46. The Morgan fingerprint density at radius 2 is 1.45 bits per heavy atom. The molecule has 0 amide bonds. The van der Waals surface area contributed by atoms with Crippen molar-refractivity contribution in [1.82, 2.24) is 0 Å². The van der Waals surface area contributed by atoms with Crippen molar-refractivity contribution in [2.75, 3.05) is 11.9 Å². The summed E-state index contributed by atoms with van der Waals surface area (Å²) < 4.78 is 14.9. The molecule has 1 aromatic heterocycles. The van der Waals surface area contributed by atoms with Gasteiger partial charge in [-0.1, -0.05) is 85.5 Å². The van der Waals surface area contributed by atoms with Gasteiger partial charge in [0.1, 0.15) is 7.05 Å². The Morgan fingerprint density at radius 3 is 2.16 bits per heavy atom. The fourth-order valence-electron chi connectivity index (χ4n) is 5.88. The van der Waals surface area contributed by atoms with Crippen LogP contribution in [0.1, 0.15) is 31.6 Å². The molecule has 2 heterocycles. The molecule has 1 atom stereocenters. The van der Waals surface area contributed by atoms with E-state index < -0.39 is 0 Å². The molecule has 6 rings (SSSR count). The predicted molar refractivity (Wildman–Crippen MR) is 191 cm³/mol. The van der Waals surface area contributed by atoms with Gasteiger partial charge >= 0.3 is 5.89 Å². The van der Waals surface area contributed by atoms with E-state index in [4.69, 9.17) is 9.15 Å². The normalized spacial score (nSPS) is 19.3. The Morgan fingerprint density at radius 1 is 0.818 bits per heavy atom. The topological polar surface area (TPSA) is 29.5 Å². The zero-order valence-electron chi connectivity index (χ0n) is 25.0. The van der Waals surface area contributed by atoms with Crippen LogP contribution in [-0.4, -0.2) is 7.05 Å². The second-order valence-corrected chi connectivity index (χ2v) is 14.7. The lowest BCUT2D eigenvalue weighted by molar-refractivity contribution is -0.652. The number of hydrogen-bond acceptors (Lipinski definition) is 7. The van der Waals surface area contributed by atoms with E-state index in [2.05, 4.69) is 98.4 Å². The molecular weight excluding hydrogens is 621 g/mol. The molecule has 0 N–H and O–H groups in total. The third-order valence-corrected chi connectivity index (χ3v) is 11.4. The monoisotopic (exact) mass is 655 g/mol. The van der Waals surface area contributed by atoms with Crippen LogP contribution in [0.3, 0.4) is 0 Å². The van der Waals surface area contributed by atoms with Crippen LogP contribution in [0.25, 0.3) is 17.2 Å². The van der Waals surface area contributed by atoms with Gasteiger partial charge in [-0.25, -0.2) is 0 Å². The Labute approximate surface area is 277 Å². The van der Waals surface area contributed by atoms with Gasteiger partial charge in [-0.2, -0.15) is 4.57 Å². The van der Waals surface area contributed by atoms with E-state index >= 15 is 0 Å². The quantitative estimate of drug-likeness (QED) is 0.159. The third-order valence-electron chi connectivity index (χ3n) is 8.06. The average Bonchev–Trinajstić information content (AvgIpc) is 3.47. The van der Waals surface area contributed by atoms with Crippen molar-refractivity contribution in [3.63, 3.8) is 0 Å². The molecule has 224 valence electrons. The fraction of sp³-hybridized carbons (Fsp3) is 0.194. The Hall–Kier alpha value is -3.17. The van der Waals surface area contributed by atoms with Gasteiger partial charge in [-0.3, -0.25) is 0 Å². The second-order valence-electron chi connectivity index (χ2n) is 10.7. The number of ether oxygens (including phenoxy) is 1. The zero-order chi connectivity index (χ0) is 30.8. The summed E-state index contributed by atoms with van der Waals surface area (Å²) in [6.07, 6.45) is 13.5. The number of anilines is 1. The maximum Gasteiger partial charge on any atom is 0.374 e. The molecule has 3 aromatic rings. The Kier molecular flexibility index (Phi) is 9.42. The number of thioether (sulfide) groups is 4. The molecule has 0 spiro atoms. The summed E-state index contributed by atoms with van der Waals surface area (Å²) in [6.45, 7) is 15.6. The molecule has 0 bridgehead atoms. The van der Waals surface area contributed by atoms with Gasteiger partial charge < -0.3 is 14.1 Å². The van der Waals surface area contributed by atoms with Crippen LogP contribution in [-0.2, 0) is 7.05 Å². The number of aryl methyl sites for hydroxylation is 1. The molecule has 0 saturated carbocycles. The van der Waals surface area contributed by atoms with Crippen molar-refractivity contribution < 1.29 is 13.7 Å². The number of allylic oxidation sites excluding steroid dienone is 6. The number of aromatic nitrogens is 1. The van der Waals surface area contributed by atoms with Crippen LogP contribution < -0.4 is 14.2 Å². The van der Waals surface area contributed by atoms with Crippen molar-refractivity contribution in [2.45, 2.75) is 45.3 Å². The molecule has 8 heteroatoms. The Bertz CT molecular complexity index is 1810. The van der Waals surface area contributed by atoms with E-state index in [1.165, 1.54) is 16.7 Å². The Balaban J connectivity index is 1.28. The fourth-order valence-corrected chi connectivity index (χ4v) is 8.59. The molecule has 44 heavy (non-hydrogen) atoms. The van der Waals surface area contributed by atoms with E-state index in [1.807, 2.05) is 21.6 Å². The van der Waals surface area contributed by atoms with Crippen LogP contribution in [0.5, 0.6) is 5.75 Å². The van der Waals surface area contributed by atoms with Crippen LogP contribution in [0.2, 0.25) is 0 Å². The first-order chi connectivity index (χ1) is 21.4. The van der Waals surface area contributed by atoms with Gasteiger partial charge in [0, 0.05) is 44.8 Å². The molecule has 0 radical (unpaired) electrons. The first-order valence-electron chi connectivity index (χ1n) is 14.4. The minimum absolute atomic E-state index is 0.590. The first kappa shape index (κ1) is 30.8. The summed E-state index contributed by atoms with van der Waals surface area (Å²) in [5.41, 5.74) is 6.97. The standard InChI is InChI=1S/C36H35N2O2S4/c1-7-41-31-19-27-29(21-33(31)43-9-3)39-35(37(27)5)17-23-11-13-25-14-12-24(16-26(25)15-23)18-36-38(6)28-20-32(42-8-2)34(44-10-4)22-30(28)40-36/h7-10,15-22,25H,1-4,11-14H2,5-6H3/q+1. The van der Waals surface area contributed by atoms with E-state index in [1.54, 1.807) is 47.0 Å². The highest BCUT2D eigenvalue weighted by Gasteiger charge is 2.28. The summed E-state index contributed by atoms with van der Waals surface area (Å²) in [6, 6.07) is 8.56. The molecule has 4 nitrogen and oxygen atoms in total. The maximum absolute atomic E-state index is 6.37. The van der Waals surface area contributed by atoms with Crippen LogP contribution in [0, 0.1) is 5.92 Å². The van der Waals surface area contributed by atoms with Crippen molar-refractivity contribution in [2.24, 2.45) is 13.0 Å². The summed E-state index contributed by atoms with van der Waals surface area (Å²) >= 11 is 6.44. The van der Waals surface area contributed by atoms with Crippen LogP contribution in [0.4, 0.5) is 5.69 Å². The number of rotatable bonds is 10. The van der Waals surface area contributed by atoms with Crippen molar-refractivity contribution >= 4 is 69.9 Å². The molecule has 2 aliphatic carbocycles. The first-order valence-corrected chi connectivity index (χ1v) is 17.9. The molecule has 2 aromatic carbocycles. The molecule has 3 aliphatic rings. The number of fused-ring (bicyclic) bond motifs is 3. The molecule has 1 aliphatic heterocycles. The SMILES string of the molecule is C=CSc1cc2c(cc1SC=C)N(C)C(=CC1=CC3=CC(=Cc4oc5cc(SC=C)c(SC=C)cc5[n+]4C)CCC3CC1)O2. The lowest BCUT2D eigenvalue weighted by Gasteiger charge is -2.28. The van der Waals surface area contributed by atoms with Crippen molar-refractivity contribution in [3.05, 3.63) is 119 Å². The van der Waals surface area contributed by atoms with Gasteiger partial charge in [0.15, 0.2) is 5.75 Å². The van der Waals surface area contributed by atoms with Gasteiger partial charge in [-0.15, -0.1) is 0 Å². The van der Waals surface area contributed by atoms with Crippen molar-refractivity contribution in [3.8, 4) is 5.75 Å². The van der Waals surface area contributed by atoms with E-state index in [-0.39, 0.29) is 0 Å². The number of nitrogens with zero attached hydrogens (tertiary/aromatic N) is 2. The zero-order valence-corrected chi connectivity index (χ0v) is 28.3. The predicted octanol–water partition coefficient (Wildman–Crippen LogP) is 11.0. The highest BCUT2D eigenvalue weighted by atomic mass is 32.2. The van der Waals surface area contributed by atoms with Gasteiger partial charge in [0.05, 0.1) is 11.8 Å². The lowest BCUT2D eigenvalue weighted by atomic mass is 9.77. The van der Waals surface area contributed by atoms with Crippen LogP contribution >= 0.6 is 47.0 Å². The highest BCUT2D eigenvalue weighted by molar-refractivity contribution is 8.05. The molecule has 1 unspecified atom stereocenters. The van der Waals surface area contributed by atoms with Gasteiger partial charge in [-0.05, 0) is 82.1 Å². The molecule has 0 saturated heterocycles. The number of benzene rings is 2. The molecular formula is C36H35N2O2S4+. The van der Waals surface area contributed by atoms with Gasteiger partial charge in [0.2, 0.25) is 11.5 Å². The maximum atomic E-state index is 6.37. The smallest absolute Gasteiger partial charge is 0.374 e.